The maximum Gasteiger partial charge on any atom is 0.255 e. The summed E-state index contributed by atoms with van der Waals surface area (Å²) in [5.41, 5.74) is 3.83. The summed E-state index contributed by atoms with van der Waals surface area (Å²) < 4.78 is 0. The van der Waals surface area contributed by atoms with Crippen LogP contribution in [0.3, 0.4) is 0 Å². The molecule has 6 rings (SSSR count). The number of fused-ring (bicyclic) bond motifs is 2. The number of pyridine rings is 1. The average Bonchev–Trinajstić information content (AvgIpc) is 3.46. The Hall–Kier alpha value is -4.13. The summed E-state index contributed by atoms with van der Waals surface area (Å²) in [6, 6.07) is 21.6. The quantitative estimate of drug-likeness (QED) is 0.486. The van der Waals surface area contributed by atoms with E-state index in [2.05, 4.69) is 20.9 Å². The highest BCUT2D eigenvalue weighted by Crippen LogP contribution is 2.41. The van der Waals surface area contributed by atoms with Crippen molar-refractivity contribution in [1.82, 2.24) is 19.8 Å². The fourth-order valence-electron chi connectivity index (χ4n) is 5.36. The molecule has 1 atom stereocenters. The highest BCUT2D eigenvalue weighted by molar-refractivity contribution is 6.01. The number of nitrogens with zero attached hydrogens (tertiary/aromatic N) is 4. The van der Waals surface area contributed by atoms with Crippen LogP contribution in [0, 0.1) is 0 Å². The molecule has 2 amide bonds. The first kappa shape index (κ1) is 21.4. The number of amides is 2. The number of hydrogen-bond acceptors (Lipinski definition) is 4. The molecule has 2 aliphatic rings. The second-order valence-electron chi connectivity index (χ2n) is 9.08. The fraction of sp³-hybridized carbons (Fsp3) is 0.250. The minimum absolute atomic E-state index is 0.0105. The van der Waals surface area contributed by atoms with Crippen LogP contribution < -0.4 is 4.90 Å². The summed E-state index contributed by atoms with van der Waals surface area (Å²) >= 11 is 0. The Bertz CT molecular complexity index is 1370. The zero-order chi connectivity index (χ0) is 23.8. The highest BCUT2D eigenvalue weighted by Gasteiger charge is 2.38. The number of rotatable bonds is 5. The third kappa shape index (κ3) is 3.83. The Morgan fingerprint density at radius 1 is 0.914 bits per heavy atom. The number of nitrogens with one attached hydrogen (secondary N) is 1. The van der Waals surface area contributed by atoms with E-state index in [9.17, 15) is 9.59 Å². The van der Waals surface area contributed by atoms with Gasteiger partial charge in [0.05, 0.1) is 6.04 Å². The van der Waals surface area contributed by atoms with E-state index < -0.39 is 0 Å². The van der Waals surface area contributed by atoms with Crippen LogP contribution in [0.4, 0.5) is 5.82 Å². The Balaban J connectivity index is 1.18. The molecule has 0 unspecified atom stereocenters. The molecule has 35 heavy (non-hydrogen) atoms. The lowest BCUT2D eigenvalue weighted by Gasteiger charge is -2.36. The van der Waals surface area contributed by atoms with Gasteiger partial charge in [0.15, 0.2) is 0 Å². The van der Waals surface area contributed by atoms with Gasteiger partial charge in [-0.25, -0.2) is 4.98 Å². The largest absolute Gasteiger partial charge is 0.361 e. The summed E-state index contributed by atoms with van der Waals surface area (Å²) in [6.07, 6.45) is 4.10. The molecule has 0 aliphatic carbocycles. The number of aromatic nitrogens is 2. The van der Waals surface area contributed by atoms with Crippen LogP contribution in [0.25, 0.3) is 10.9 Å². The molecule has 0 bridgehead atoms. The topological polar surface area (TPSA) is 72.5 Å². The Morgan fingerprint density at radius 3 is 2.51 bits per heavy atom. The van der Waals surface area contributed by atoms with Gasteiger partial charge in [0, 0.05) is 73.6 Å². The van der Waals surface area contributed by atoms with Crippen molar-refractivity contribution in [2.45, 2.75) is 12.5 Å². The molecule has 4 heterocycles. The van der Waals surface area contributed by atoms with E-state index in [1.54, 1.807) is 6.20 Å². The smallest absolute Gasteiger partial charge is 0.255 e. The average molecular weight is 466 g/mol. The Labute approximate surface area is 204 Å². The van der Waals surface area contributed by atoms with Gasteiger partial charge in [-0.05, 0) is 29.8 Å². The van der Waals surface area contributed by atoms with Crippen molar-refractivity contribution < 1.29 is 9.59 Å². The summed E-state index contributed by atoms with van der Waals surface area (Å²) in [4.78, 5) is 40.3. The molecule has 1 saturated heterocycles. The maximum absolute atomic E-state index is 13.4. The number of carbonyl (C=O) groups excluding carboxylic acids is 2. The van der Waals surface area contributed by atoms with Gasteiger partial charge < -0.3 is 19.7 Å². The molecule has 7 heteroatoms. The highest BCUT2D eigenvalue weighted by atomic mass is 16.2. The zero-order valence-corrected chi connectivity index (χ0v) is 19.4. The number of aromatic amines is 1. The van der Waals surface area contributed by atoms with E-state index in [0.717, 1.165) is 46.5 Å². The van der Waals surface area contributed by atoms with Crippen molar-refractivity contribution in [3.63, 3.8) is 0 Å². The number of piperazine rings is 1. The number of anilines is 1. The molecule has 2 aromatic carbocycles. The van der Waals surface area contributed by atoms with Gasteiger partial charge in [-0.1, -0.05) is 42.5 Å². The minimum atomic E-state index is -0.205. The van der Waals surface area contributed by atoms with Crippen molar-refractivity contribution in [3.05, 3.63) is 95.8 Å². The summed E-state index contributed by atoms with van der Waals surface area (Å²) in [5, 5.41) is 1.10. The first-order valence-corrected chi connectivity index (χ1v) is 12.1. The third-order valence-electron chi connectivity index (χ3n) is 7.15. The van der Waals surface area contributed by atoms with Gasteiger partial charge in [-0.3, -0.25) is 9.59 Å². The SMILES string of the molecule is O=C(CCN1C(=O)c2ccccc2[C@@H]1c1c[nH]c2ccccc12)N1CCN(c2ccccn2)CC1. The summed E-state index contributed by atoms with van der Waals surface area (Å²) in [6.45, 7) is 3.23. The summed E-state index contributed by atoms with van der Waals surface area (Å²) in [7, 11) is 0. The lowest BCUT2D eigenvalue weighted by molar-refractivity contribution is -0.131. The molecule has 4 aromatic rings. The molecule has 0 saturated carbocycles. The molecule has 7 nitrogen and oxygen atoms in total. The Kier molecular flexibility index (Phi) is 5.45. The third-order valence-corrected chi connectivity index (χ3v) is 7.15. The van der Waals surface area contributed by atoms with E-state index in [1.807, 2.05) is 76.7 Å². The first-order chi connectivity index (χ1) is 17.2. The Morgan fingerprint density at radius 2 is 1.69 bits per heavy atom. The molecule has 176 valence electrons. The second-order valence-corrected chi connectivity index (χ2v) is 9.08. The van der Waals surface area contributed by atoms with Crippen LogP contribution in [0.15, 0.2) is 79.1 Å². The van der Waals surface area contributed by atoms with Gasteiger partial charge in [0.1, 0.15) is 5.82 Å². The molecule has 1 N–H and O–H groups in total. The lowest BCUT2D eigenvalue weighted by Crippen LogP contribution is -2.49. The zero-order valence-electron chi connectivity index (χ0n) is 19.4. The molecule has 0 radical (unpaired) electrons. The maximum atomic E-state index is 13.4. The molecule has 1 fully saturated rings. The molecule has 2 aromatic heterocycles. The number of hydrogen-bond donors (Lipinski definition) is 1. The molecule has 0 spiro atoms. The van der Waals surface area contributed by atoms with Crippen molar-refractivity contribution in [2.24, 2.45) is 0 Å². The van der Waals surface area contributed by atoms with Crippen molar-refractivity contribution in [2.75, 3.05) is 37.6 Å². The predicted octanol–water partition coefficient (Wildman–Crippen LogP) is 3.85. The number of benzene rings is 2. The monoisotopic (exact) mass is 465 g/mol. The van der Waals surface area contributed by atoms with Gasteiger partial charge in [-0.15, -0.1) is 0 Å². The number of carbonyl (C=O) groups is 2. The normalized spacial score (nSPS) is 17.8. The number of para-hydroxylation sites is 1. The van der Waals surface area contributed by atoms with Crippen molar-refractivity contribution in [1.29, 1.82) is 0 Å². The van der Waals surface area contributed by atoms with Gasteiger partial charge >= 0.3 is 0 Å². The van der Waals surface area contributed by atoms with E-state index in [4.69, 9.17) is 0 Å². The van der Waals surface area contributed by atoms with Crippen LogP contribution >= 0.6 is 0 Å². The fourth-order valence-corrected chi connectivity index (χ4v) is 5.36. The second kappa shape index (κ2) is 8.91. The van der Waals surface area contributed by atoms with E-state index in [-0.39, 0.29) is 17.9 Å². The van der Waals surface area contributed by atoms with Crippen LogP contribution in [0.5, 0.6) is 0 Å². The van der Waals surface area contributed by atoms with Gasteiger partial charge in [0.2, 0.25) is 5.91 Å². The molecular formula is C28H27N5O2. The van der Waals surface area contributed by atoms with Crippen molar-refractivity contribution in [3.8, 4) is 0 Å². The summed E-state index contributed by atoms with van der Waals surface area (Å²) in [5.74, 6) is 1.03. The first-order valence-electron chi connectivity index (χ1n) is 12.1. The van der Waals surface area contributed by atoms with E-state index in [1.165, 1.54) is 0 Å². The number of H-pyrrole nitrogens is 1. The van der Waals surface area contributed by atoms with Crippen LogP contribution in [0.2, 0.25) is 0 Å². The van der Waals surface area contributed by atoms with E-state index >= 15 is 0 Å². The minimum Gasteiger partial charge on any atom is -0.361 e. The van der Waals surface area contributed by atoms with Crippen molar-refractivity contribution >= 4 is 28.5 Å². The molecular weight excluding hydrogens is 438 g/mol. The molecule has 2 aliphatic heterocycles. The lowest BCUT2D eigenvalue weighted by atomic mass is 9.97. The van der Waals surface area contributed by atoms with Crippen LogP contribution in [0.1, 0.15) is 33.9 Å². The van der Waals surface area contributed by atoms with Gasteiger partial charge in [-0.2, -0.15) is 0 Å². The standard InChI is InChI=1S/C28H27N5O2/c34-26(32-17-15-31(16-18-32)25-11-5-6-13-29-25)12-14-33-27(21-8-1-2-9-22(21)28(33)35)23-19-30-24-10-4-3-7-20(23)24/h1-11,13,19,27,30H,12,14-18H2/t27-/m1/s1. The van der Waals surface area contributed by atoms with Crippen LogP contribution in [-0.2, 0) is 4.79 Å². The predicted molar refractivity (Wildman–Crippen MR) is 135 cm³/mol. The van der Waals surface area contributed by atoms with Crippen LogP contribution in [-0.4, -0.2) is 64.3 Å². The van der Waals surface area contributed by atoms with E-state index in [0.29, 0.717) is 26.1 Å². The van der Waals surface area contributed by atoms with Gasteiger partial charge in [0.25, 0.3) is 5.91 Å².